The number of ether oxygens (including phenoxy) is 1. The summed E-state index contributed by atoms with van der Waals surface area (Å²) >= 11 is 0. The second kappa shape index (κ2) is 18.1. The number of hydrogen-bond acceptors (Lipinski definition) is 4. The van der Waals surface area contributed by atoms with Crippen molar-refractivity contribution in [3.05, 3.63) is 35.4 Å². The van der Waals surface area contributed by atoms with Crippen LogP contribution in [0.4, 0.5) is 0 Å². The molecule has 1 aliphatic rings. The predicted octanol–water partition coefficient (Wildman–Crippen LogP) is 7.87. The molecule has 1 aromatic carbocycles. The second-order valence-electron chi connectivity index (χ2n) is 9.93. The molecule has 0 fully saturated rings. The first-order valence-electron chi connectivity index (χ1n) is 14.3. The molecule has 1 heterocycles. The van der Waals surface area contributed by atoms with E-state index in [4.69, 9.17) is 4.74 Å². The van der Waals surface area contributed by atoms with E-state index in [1.165, 1.54) is 94.8 Å². The first-order chi connectivity index (χ1) is 17.1. The second-order valence-corrected chi connectivity index (χ2v) is 9.93. The molecule has 2 amide bonds. The Bertz CT molecular complexity index is 725. The molecule has 0 spiro atoms. The van der Waals surface area contributed by atoms with Gasteiger partial charge in [-0.05, 0) is 25.0 Å². The van der Waals surface area contributed by atoms with E-state index in [9.17, 15) is 14.4 Å². The summed E-state index contributed by atoms with van der Waals surface area (Å²) in [7, 11) is 0. The van der Waals surface area contributed by atoms with E-state index < -0.39 is 0 Å². The monoisotopic (exact) mass is 485 g/mol. The molecule has 1 aromatic rings. The van der Waals surface area contributed by atoms with Crippen LogP contribution < -0.4 is 0 Å². The van der Waals surface area contributed by atoms with Gasteiger partial charge in [-0.15, -0.1) is 0 Å². The normalized spacial score (nSPS) is 12.9. The summed E-state index contributed by atoms with van der Waals surface area (Å²) in [5.41, 5.74) is 0.896. The molecule has 0 aliphatic carbocycles. The molecule has 0 saturated carbocycles. The summed E-state index contributed by atoms with van der Waals surface area (Å²) in [6.45, 7) is 2.98. The molecule has 0 aromatic heterocycles. The summed E-state index contributed by atoms with van der Waals surface area (Å²) in [4.78, 5) is 37.8. The van der Waals surface area contributed by atoms with Gasteiger partial charge in [-0.1, -0.05) is 115 Å². The van der Waals surface area contributed by atoms with Crippen LogP contribution in [0.3, 0.4) is 0 Å². The Morgan fingerprint density at radius 1 is 0.657 bits per heavy atom. The maximum Gasteiger partial charge on any atom is 0.305 e. The summed E-state index contributed by atoms with van der Waals surface area (Å²) < 4.78 is 5.31. The molecule has 0 saturated heterocycles. The molecule has 0 bridgehead atoms. The van der Waals surface area contributed by atoms with E-state index in [0.29, 0.717) is 24.2 Å². The minimum atomic E-state index is -0.271. The molecule has 0 unspecified atom stereocenters. The minimum Gasteiger partial charge on any atom is -0.466 e. The van der Waals surface area contributed by atoms with Crippen LogP contribution in [0.15, 0.2) is 24.3 Å². The van der Waals surface area contributed by atoms with E-state index in [1.54, 1.807) is 24.3 Å². The van der Waals surface area contributed by atoms with Crippen LogP contribution in [0.1, 0.15) is 143 Å². The third kappa shape index (κ3) is 11.4. The average Bonchev–Trinajstić information content (AvgIpc) is 3.11. The number of esters is 1. The fraction of sp³-hybridized carbons (Fsp3) is 0.700. The van der Waals surface area contributed by atoms with Crippen molar-refractivity contribution in [3.63, 3.8) is 0 Å². The number of unbranched alkanes of at least 4 members (excludes halogenated alkanes) is 15. The van der Waals surface area contributed by atoms with E-state index in [-0.39, 0.29) is 30.7 Å². The topological polar surface area (TPSA) is 63.7 Å². The molecule has 0 N–H and O–H groups in total. The van der Waals surface area contributed by atoms with Gasteiger partial charge in [0.05, 0.1) is 17.7 Å². The van der Waals surface area contributed by atoms with Gasteiger partial charge < -0.3 is 4.74 Å². The van der Waals surface area contributed by atoms with Crippen LogP contribution in [-0.2, 0) is 9.53 Å². The number of benzene rings is 1. The first-order valence-corrected chi connectivity index (χ1v) is 14.3. The lowest BCUT2D eigenvalue weighted by Gasteiger charge is -2.13. The Balaban J connectivity index is 1.34. The van der Waals surface area contributed by atoms with Crippen molar-refractivity contribution in [2.24, 2.45) is 0 Å². The zero-order valence-electron chi connectivity index (χ0n) is 22.0. The van der Waals surface area contributed by atoms with Crippen LogP contribution in [0.25, 0.3) is 0 Å². The fourth-order valence-electron chi connectivity index (χ4n) is 4.73. The summed E-state index contributed by atoms with van der Waals surface area (Å²) in [5, 5.41) is 0. The number of fused-ring (bicyclic) bond motifs is 1. The summed E-state index contributed by atoms with van der Waals surface area (Å²) in [5.74, 6) is -0.790. The minimum absolute atomic E-state index is 0.228. The zero-order valence-corrected chi connectivity index (χ0v) is 22.0. The lowest BCUT2D eigenvalue weighted by atomic mass is 10.0. The Morgan fingerprint density at radius 3 is 1.54 bits per heavy atom. The van der Waals surface area contributed by atoms with Gasteiger partial charge in [0.15, 0.2) is 0 Å². The molecule has 2 rings (SSSR count). The van der Waals surface area contributed by atoms with Gasteiger partial charge in [0.25, 0.3) is 11.8 Å². The van der Waals surface area contributed by atoms with Crippen molar-refractivity contribution in [3.8, 4) is 0 Å². The van der Waals surface area contributed by atoms with E-state index in [2.05, 4.69) is 6.92 Å². The molecule has 5 heteroatoms. The van der Waals surface area contributed by atoms with Gasteiger partial charge in [0, 0.05) is 13.0 Å². The zero-order chi connectivity index (χ0) is 25.1. The molecular formula is C30H47NO4. The third-order valence-electron chi connectivity index (χ3n) is 6.90. The number of rotatable bonds is 21. The maximum absolute atomic E-state index is 12.3. The molecule has 1 aliphatic heterocycles. The Kier molecular flexibility index (Phi) is 15.1. The quantitative estimate of drug-likeness (QED) is 0.101. The Morgan fingerprint density at radius 2 is 1.09 bits per heavy atom. The van der Waals surface area contributed by atoms with Crippen LogP contribution in [0.5, 0.6) is 0 Å². The number of hydrogen-bond donors (Lipinski definition) is 0. The fourth-order valence-corrected chi connectivity index (χ4v) is 4.73. The number of carbonyl (C=O) groups excluding carboxylic acids is 3. The summed E-state index contributed by atoms with van der Waals surface area (Å²) in [6, 6.07) is 6.84. The average molecular weight is 486 g/mol. The largest absolute Gasteiger partial charge is 0.466 e. The molecular weight excluding hydrogens is 438 g/mol. The number of amides is 2. The van der Waals surface area contributed by atoms with Gasteiger partial charge >= 0.3 is 5.97 Å². The van der Waals surface area contributed by atoms with E-state index in [1.807, 2.05) is 0 Å². The standard InChI is InChI=1S/C30H47NO4/c1-2-3-4-5-6-7-8-9-10-11-12-13-14-15-16-19-25-35-28(32)23-20-24-31-29(33)26-21-17-18-22-27(26)30(31)34/h17-18,21-22H,2-16,19-20,23-25H2,1H3. The summed E-state index contributed by atoms with van der Waals surface area (Å²) in [6.07, 6.45) is 21.8. The first kappa shape index (κ1) is 29.1. The highest BCUT2D eigenvalue weighted by atomic mass is 16.5. The SMILES string of the molecule is CCCCCCCCCCCCCCCCCCOC(=O)CCCN1C(=O)c2ccccc2C1=O. The van der Waals surface area contributed by atoms with Crippen molar-refractivity contribution in [2.75, 3.05) is 13.2 Å². The van der Waals surface area contributed by atoms with Gasteiger partial charge in [-0.3, -0.25) is 19.3 Å². The van der Waals surface area contributed by atoms with Crippen LogP contribution >= 0.6 is 0 Å². The molecule has 0 atom stereocenters. The van der Waals surface area contributed by atoms with Crippen LogP contribution in [0, 0.1) is 0 Å². The lowest BCUT2D eigenvalue weighted by Crippen LogP contribution is -2.31. The van der Waals surface area contributed by atoms with Crippen molar-refractivity contribution < 1.29 is 19.1 Å². The molecule has 5 nitrogen and oxygen atoms in total. The van der Waals surface area contributed by atoms with Crippen molar-refractivity contribution in [1.82, 2.24) is 4.90 Å². The van der Waals surface area contributed by atoms with Gasteiger partial charge in [-0.2, -0.15) is 0 Å². The predicted molar refractivity (Wildman–Crippen MR) is 142 cm³/mol. The molecule has 196 valence electrons. The van der Waals surface area contributed by atoms with E-state index >= 15 is 0 Å². The van der Waals surface area contributed by atoms with Gasteiger partial charge in [0.1, 0.15) is 0 Å². The number of imide groups is 1. The highest BCUT2D eigenvalue weighted by Gasteiger charge is 2.34. The molecule has 0 radical (unpaired) electrons. The third-order valence-corrected chi connectivity index (χ3v) is 6.90. The van der Waals surface area contributed by atoms with Crippen LogP contribution in [-0.4, -0.2) is 35.8 Å². The highest BCUT2D eigenvalue weighted by molar-refractivity contribution is 6.21. The highest BCUT2D eigenvalue weighted by Crippen LogP contribution is 2.22. The van der Waals surface area contributed by atoms with Crippen LogP contribution in [0.2, 0.25) is 0 Å². The molecule has 35 heavy (non-hydrogen) atoms. The number of nitrogens with zero attached hydrogens (tertiary/aromatic N) is 1. The van der Waals surface area contributed by atoms with E-state index in [0.717, 1.165) is 12.8 Å². The number of carbonyl (C=O) groups is 3. The van der Waals surface area contributed by atoms with Gasteiger partial charge in [0.2, 0.25) is 0 Å². The maximum atomic E-state index is 12.3. The smallest absolute Gasteiger partial charge is 0.305 e. The van der Waals surface area contributed by atoms with Crippen molar-refractivity contribution >= 4 is 17.8 Å². The van der Waals surface area contributed by atoms with Crippen molar-refractivity contribution in [2.45, 2.75) is 122 Å². The Hall–Kier alpha value is -2.17. The van der Waals surface area contributed by atoms with Crippen molar-refractivity contribution in [1.29, 1.82) is 0 Å². The van der Waals surface area contributed by atoms with Gasteiger partial charge in [-0.25, -0.2) is 0 Å². The lowest BCUT2D eigenvalue weighted by molar-refractivity contribution is -0.143. The Labute approximate surface area is 213 Å².